The molecule has 2 aromatic rings. The summed E-state index contributed by atoms with van der Waals surface area (Å²) in [5.41, 5.74) is 1.33. The Hall–Kier alpha value is -3.39. The number of rotatable bonds is 7. The van der Waals surface area contributed by atoms with Gasteiger partial charge in [-0.3, -0.25) is 24.1 Å². The minimum absolute atomic E-state index is 0.0683. The fraction of sp³-hybridized carbons (Fsp3) is 0.182. The molecule has 0 unspecified atom stereocenters. The van der Waals surface area contributed by atoms with E-state index in [2.05, 4.69) is 5.32 Å². The maximum atomic E-state index is 12.5. The van der Waals surface area contributed by atoms with Crippen LogP contribution in [0.25, 0.3) is 6.08 Å². The maximum absolute atomic E-state index is 12.5. The molecule has 0 spiro atoms. The molecule has 4 amide bonds. The van der Waals surface area contributed by atoms with Gasteiger partial charge in [-0.1, -0.05) is 48.5 Å². The summed E-state index contributed by atoms with van der Waals surface area (Å²) < 4.78 is 0. The maximum Gasteiger partial charge on any atom is 0.293 e. The number of thioether (sulfide) groups is 1. The van der Waals surface area contributed by atoms with Crippen molar-refractivity contribution in [2.75, 3.05) is 26.7 Å². The summed E-state index contributed by atoms with van der Waals surface area (Å²) in [6.45, 7) is 0.0608. The minimum Gasteiger partial charge on any atom is -0.353 e. The zero-order valence-electron chi connectivity index (χ0n) is 16.4. The van der Waals surface area contributed by atoms with Gasteiger partial charge in [0.15, 0.2) is 0 Å². The normalized spacial score (nSPS) is 14.8. The number of carbonyl (C=O) groups is 4. The number of benzene rings is 2. The highest BCUT2D eigenvalue weighted by Crippen LogP contribution is 2.31. The molecule has 0 atom stereocenters. The molecule has 0 saturated carbocycles. The van der Waals surface area contributed by atoms with Crippen molar-refractivity contribution < 1.29 is 19.2 Å². The third kappa shape index (κ3) is 5.36. The van der Waals surface area contributed by atoms with Crippen molar-refractivity contribution in [3.63, 3.8) is 0 Å². The minimum atomic E-state index is -0.375. The van der Waals surface area contributed by atoms with Crippen LogP contribution in [0.1, 0.15) is 15.9 Å². The Morgan fingerprint density at radius 1 is 1.03 bits per heavy atom. The Kier molecular flexibility index (Phi) is 7.03. The third-order valence-corrected chi connectivity index (χ3v) is 5.28. The van der Waals surface area contributed by atoms with E-state index in [9.17, 15) is 19.2 Å². The highest BCUT2D eigenvalue weighted by atomic mass is 32.2. The number of nitrogens with zero attached hydrogens (tertiary/aromatic N) is 2. The molecule has 8 heteroatoms. The van der Waals surface area contributed by atoms with Crippen LogP contribution >= 0.6 is 11.8 Å². The van der Waals surface area contributed by atoms with E-state index < -0.39 is 0 Å². The lowest BCUT2D eigenvalue weighted by Crippen LogP contribution is -2.42. The highest BCUT2D eigenvalue weighted by Gasteiger charge is 2.34. The van der Waals surface area contributed by atoms with Crippen molar-refractivity contribution in [3.8, 4) is 0 Å². The largest absolute Gasteiger partial charge is 0.353 e. The molecule has 0 aromatic heterocycles. The van der Waals surface area contributed by atoms with E-state index in [0.717, 1.165) is 22.2 Å². The molecule has 1 saturated heterocycles. The summed E-state index contributed by atoms with van der Waals surface area (Å²) in [7, 11) is 1.54. The van der Waals surface area contributed by atoms with Crippen LogP contribution in [0.15, 0.2) is 65.6 Å². The Balaban J connectivity index is 1.48. The number of likely N-dealkylation sites (N-methyl/N-ethyl adjacent to an activating group) is 1. The van der Waals surface area contributed by atoms with E-state index in [1.807, 2.05) is 36.4 Å². The zero-order valence-corrected chi connectivity index (χ0v) is 17.2. The smallest absolute Gasteiger partial charge is 0.293 e. The van der Waals surface area contributed by atoms with Gasteiger partial charge in [0.2, 0.25) is 5.91 Å². The number of amides is 4. The highest BCUT2D eigenvalue weighted by molar-refractivity contribution is 8.18. The average molecular weight is 423 g/mol. The molecule has 0 radical (unpaired) electrons. The lowest BCUT2D eigenvalue weighted by molar-refractivity contribution is -0.124. The molecule has 1 aliphatic rings. The first-order valence-corrected chi connectivity index (χ1v) is 10.1. The van der Waals surface area contributed by atoms with Crippen LogP contribution in [0.5, 0.6) is 0 Å². The summed E-state index contributed by atoms with van der Waals surface area (Å²) in [5, 5.41) is 2.28. The van der Waals surface area contributed by atoms with Gasteiger partial charge in [0.05, 0.1) is 11.4 Å². The first-order chi connectivity index (χ1) is 14.5. The standard InChI is InChI=1S/C22H21N3O4S/c1-24(20(27)17-10-6-3-7-11-17)15-19(26)23-12-13-25-21(28)18(30-22(25)29)14-16-8-4-2-5-9-16/h2-11,14H,12-13,15H2,1H3,(H,23,26)/b18-14-. The predicted octanol–water partition coefficient (Wildman–Crippen LogP) is 2.61. The number of hydrogen-bond acceptors (Lipinski definition) is 5. The van der Waals surface area contributed by atoms with Gasteiger partial charge in [-0.25, -0.2) is 0 Å². The second-order valence-corrected chi connectivity index (χ2v) is 7.61. The summed E-state index contributed by atoms with van der Waals surface area (Å²) in [4.78, 5) is 51.8. The van der Waals surface area contributed by atoms with E-state index >= 15 is 0 Å². The fourth-order valence-electron chi connectivity index (χ4n) is 2.84. The molecule has 1 aliphatic heterocycles. The molecular weight excluding hydrogens is 402 g/mol. The fourth-order valence-corrected chi connectivity index (χ4v) is 3.71. The number of imide groups is 1. The van der Waals surface area contributed by atoms with Gasteiger partial charge < -0.3 is 10.2 Å². The zero-order chi connectivity index (χ0) is 21.5. The van der Waals surface area contributed by atoms with Gasteiger partial charge in [-0.05, 0) is 35.5 Å². The molecule has 0 aliphatic carbocycles. The number of carbonyl (C=O) groups excluding carboxylic acids is 4. The molecule has 7 nitrogen and oxygen atoms in total. The van der Waals surface area contributed by atoms with Gasteiger partial charge in [-0.2, -0.15) is 0 Å². The average Bonchev–Trinajstić information content (AvgIpc) is 3.01. The second-order valence-electron chi connectivity index (χ2n) is 6.62. The van der Waals surface area contributed by atoms with Crippen LogP contribution in [0, 0.1) is 0 Å². The Morgan fingerprint density at radius 2 is 1.67 bits per heavy atom. The molecule has 1 heterocycles. The molecule has 154 valence electrons. The first kappa shape index (κ1) is 21.3. The van der Waals surface area contributed by atoms with Crippen molar-refractivity contribution in [1.29, 1.82) is 0 Å². The number of nitrogens with one attached hydrogen (secondary N) is 1. The molecule has 1 fully saturated rings. The lowest BCUT2D eigenvalue weighted by Gasteiger charge is -2.18. The topological polar surface area (TPSA) is 86.8 Å². The Labute approximate surface area is 178 Å². The second kappa shape index (κ2) is 9.89. The summed E-state index contributed by atoms with van der Waals surface area (Å²) >= 11 is 0.881. The van der Waals surface area contributed by atoms with Crippen LogP contribution in [-0.4, -0.2) is 59.4 Å². The van der Waals surface area contributed by atoms with E-state index in [0.29, 0.717) is 10.5 Å². The summed E-state index contributed by atoms with van der Waals surface area (Å²) in [5.74, 6) is -1.00. The predicted molar refractivity (Wildman–Crippen MR) is 116 cm³/mol. The lowest BCUT2D eigenvalue weighted by atomic mass is 10.2. The number of hydrogen-bond donors (Lipinski definition) is 1. The Morgan fingerprint density at radius 3 is 2.33 bits per heavy atom. The summed E-state index contributed by atoms with van der Waals surface area (Å²) in [6.07, 6.45) is 1.67. The molecule has 30 heavy (non-hydrogen) atoms. The third-order valence-electron chi connectivity index (χ3n) is 4.38. The molecule has 3 rings (SSSR count). The van der Waals surface area contributed by atoms with E-state index in [1.54, 1.807) is 37.4 Å². The van der Waals surface area contributed by atoms with Crippen molar-refractivity contribution in [3.05, 3.63) is 76.7 Å². The van der Waals surface area contributed by atoms with Crippen LogP contribution in [-0.2, 0) is 9.59 Å². The van der Waals surface area contributed by atoms with Crippen LogP contribution < -0.4 is 5.32 Å². The van der Waals surface area contributed by atoms with Crippen molar-refractivity contribution in [1.82, 2.24) is 15.1 Å². The summed E-state index contributed by atoms with van der Waals surface area (Å²) in [6, 6.07) is 17.9. The van der Waals surface area contributed by atoms with E-state index in [-0.39, 0.29) is 42.6 Å². The van der Waals surface area contributed by atoms with E-state index in [1.165, 1.54) is 4.90 Å². The quantitative estimate of drug-likeness (QED) is 0.692. The SMILES string of the molecule is CN(CC(=O)NCCN1C(=O)S/C(=C\c2ccccc2)C1=O)C(=O)c1ccccc1. The monoisotopic (exact) mass is 423 g/mol. The van der Waals surface area contributed by atoms with Gasteiger partial charge in [-0.15, -0.1) is 0 Å². The molecular formula is C22H21N3O4S. The van der Waals surface area contributed by atoms with Gasteiger partial charge >= 0.3 is 0 Å². The Bertz CT molecular complexity index is 976. The van der Waals surface area contributed by atoms with Crippen LogP contribution in [0.2, 0.25) is 0 Å². The van der Waals surface area contributed by atoms with Crippen molar-refractivity contribution >= 4 is 40.8 Å². The van der Waals surface area contributed by atoms with Crippen LogP contribution in [0.3, 0.4) is 0 Å². The molecule has 1 N–H and O–H groups in total. The van der Waals surface area contributed by atoms with Gasteiger partial charge in [0.1, 0.15) is 0 Å². The van der Waals surface area contributed by atoms with Crippen LogP contribution in [0.4, 0.5) is 4.79 Å². The van der Waals surface area contributed by atoms with Crippen molar-refractivity contribution in [2.45, 2.75) is 0 Å². The van der Waals surface area contributed by atoms with Gasteiger partial charge in [0.25, 0.3) is 17.1 Å². The van der Waals surface area contributed by atoms with E-state index in [4.69, 9.17) is 0 Å². The first-order valence-electron chi connectivity index (χ1n) is 9.33. The molecule has 0 bridgehead atoms. The molecule has 2 aromatic carbocycles. The van der Waals surface area contributed by atoms with Gasteiger partial charge in [0, 0.05) is 25.7 Å². The van der Waals surface area contributed by atoms with Crippen molar-refractivity contribution in [2.24, 2.45) is 0 Å².